The second kappa shape index (κ2) is 4.97. The van der Waals surface area contributed by atoms with Crippen LogP contribution in [-0.2, 0) is 0 Å². The molecular weight excluding hydrogens is 286 g/mol. The van der Waals surface area contributed by atoms with Gasteiger partial charge in [-0.05, 0) is 54.5 Å². The molecular formula is C15H24ClN5. The summed E-state index contributed by atoms with van der Waals surface area (Å²) < 4.78 is 0. The van der Waals surface area contributed by atoms with Gasteiger partial charge in [-0.15, -0.1) is 0 Å². The van der Waals surface area contributed by atoms with Crippen molar-refractivity contribution in [3.8, 4) is 0 Å². The summed E-state index contributed by atoms with van der Waals surface area (Å²) in [5.41, 5.74) is 0.579. The second-order valence-electron chi connectivity index (χ2n) is 7.27. The molecule has 3 rings (SSSR count). The first-order valence-corrected chi connectivity index (χ1v) is 8.15. The highest BCUT2D eigenvalue weighted by atomic mass is 35.5. The van der Waals surface area contributed by atoms with Gasteiger partial charge in [-0.3, -0.25) is 0 Å². The molecule has 3 unspecified atom stereocenters. The van der Waals surface area contributed by atoms with Crippen LogP contribution in [0.15, 0.2) is 0 Å². The van der Waals surface area contributed by atoms with Crippen LogP contribution in [0.3, 0.4) is 0 Å². The molecule has 116 valence electrons. The third kappa shape index (κ3) is 2.45. The number of hydrogen-bond acceptors (Lipinski definition) is 5. The van der Waals surface area contributed by atoms with Gasteiger partial charge in [0.05, 0.1) is 0 Å². The van der Waals surface area contributed by atoms with Crippen molar-refractivity contribution in [3.05, 3.63) is 5.28 Å². The van der Waals surface area contributed by atoms with Gasteiger partial charge >= 0.3 is 0 Å². The minimum Gasteiger partial charge on any atom is -0.354 e. The van der Waals surface area contributed by atoms with Crippen molar-refractivity contribution < 1.29 is 0 Å². The van der Waals surface area contributed by atoms with Gasteiger partial charge in [0.25, 0.3) is 0 Å². The average Bonchev–Trinajstić information content (AvgIpc) is 2.86. The molecule has 0 aliphatic heterocycles. The van der Waals surface area contributed by atoms with Crippen LogP contribution in [0.1, 0.15) is 47.0 Å². The summed E-state index contributed by atoms with van der Waals surface area (Å²) in [4.78, 5) is 12.8. The number of rotatable bonds is 4. The van der Waals surface area contributed by atoms with Gasteiger partial charge in [0, 0.05) is 12.6 Å². The topological polar surface area (TPSA) is 62.7 Å². The Balaban J connectivity index is 1.86. The lowest BCUT2D eigenvalue weighted by Crippen LogP contribution is -2.46. The van der Waals surface area contributed by atoms with Crippen molar-refractivity contribution in [2.45, 2.75) is 53.0 Å². The minimum atomic E-state index is 0.231. The number of anilines is 2. The van der Waals surface area contributed by atoms with Gasteiger partial charge in [-0.2, -0.15) is 15.0 Å². The van der Waals surface area contributed by atoms with E-state index >= 15 is 0 Å². The highest BCUT2D eigenvalue weighted by molar-refractivity contribution is 6.28. The van der Waals surface area contributed by atoms with Crippen LogP contribution < -0.4 is 10.6 Å². The van der Waals surface area contributed by atoms with Crippen molar-refractivity contribution in [3.63, 3.8) is 0 Å². The molecule has 2 N–H and O–H groups in total. The Kier molecular flexibility index (Phi) is 3.51. The summed E-state index contributed by atoms with van der Waals surface area (Å²) in [6.45, 7) is 9.86. The van der Waals surface area contributed by atoms with Crippen molar-refractivity contribution in [2.24, 2.45) is 16.7 Å². The first-order chi connectivity index (χ1) is 9.85. The van der Waals surface area contributed by atoms with Crippen LogP contribution in [-0.4, -0.2) is 27.5 Å². The predicted molar refractivity (Wildman–Crippen MR) is 85.6 cm³/mol. The van der Waals surface area contributed by atoms with Crippen LogP contribution in [0.4, 0.5) is 11.9 Å². The Morgan fingerprint density at radius 1 is 1.19 bits per heavy atom. The molecule has 6 heteroatoms. The molecule has 0 aromatic carbocycles. The van der Waals surface area contributed by atoms with Crippen molar-refractivity contribution in [2.75, 3.05) is 17.2 Å². The van der Waals surface area contributed by atoms with E-state index in [1.165, 1.54) is 19.3 Å². The molecule has 0 spiro atoms. The average molecular weight is 310 g/mol. The highest BCUT2D eigenvalue weighted by Gasteiger charge is 2.59. The van der Waals surface area contributed by atoms with Crippen LogP contribution in [0.5, 0.6) is 0 Å². The lowest BCUT2D eigenvalue weighted by molar-refractivity contribution is 0.155. The maximum atomic E-state index is 6.01. The molecule has 2 saturated carbocycles. The molecule has 2 bridgehead atoms. The number of fused-ring (bicyclic) bond motifs is 2. The van der Waals surface area contributed by atoms with Gasteiger partial charge in [0.1, 0.15) is 0 Å². The van der Waals surface area contributed by atoms with E-state index in [0.29, 0.717) is 23.4 Å². The molecule has 0 radical (unpaired) electrons. The summed E-state index contributed by atoms with van der Waals surface area (Å²) in [7, 11) is 0. The predicted octanol–water partition coefficient (Wildman–Crippen LogP) is 3.58. The molecule has 0 saturated heterocycles. The third-order valence-corrected chi connectivity index (χ3v) is 5.66. The monoisotopic (exact) mass is 309 g/mol. The van der Waals surface area contributed by atoms with Gasteiger partial charge in [0.2, 0.25) is 17.2 Å². The Morgan fingerprint density at radius 3 is 2.52 bits per heavy atom. The highest BCUT2D eigenvalue weighted by Crippen LogP contribution is 2.62. The number of hydrogen-bond donors (Lipinski definition) is 2. The summed E-state index contributed by atoms with van der Waals surface area (Å²) in [6, 6.07) is 0.372. The smallest absolute Gasteiger partial charge is 0.229 e. The van der Waals surface area contributed by atoms with E-state index in [4.69, 9.17) is 11.6 Å². The molecule has 21 heavy (non-hydrogen) atoms. The summed E-state index contributed by atoms with van der Waals surface area (Å²) in [5, 5.41) is 6.88. The first-order valence-electron chi connectivity index (χ1n) is 7.77. The minimum absolute atomic E-state index is 0.231. The Morgan fingerprint density at radius 2 is 1.90 bits per heavy atom. The quantitative estimate of drug-likeness (QED) is 0.890. The first kappa shape index (κ1) is 14.8. The molecule has 0 amide bonds. The van der Waals surface area contributed by atoms with E-state index in [0.717, 1.165) is 12.5 Å². The molecule has 2 fully saturated rings. The van der Waals surface area contributed by atoms with E-state index in [-0.39, 0.29) is 10.7 Å². The lowest BCUT2D eigenvalue weighted by Gasteiger charge is -2.43. The molecule has 1 aromatic heterocycles. The van der Waals surface area contributed by atoms with Crippen LogP contribution >= 0.6 is 11.6 Å². The number of aromatic nitrogens is 3. The van der Waals surface area contributed by atoms with Crippen LogP contribution in [0.25, 0.3) is 0 Å². The van der Waals surface area contributed by atoms with E-state index in [1.54, 1.807) is 0 Å². The number of nitrogens with one attached hydrogen (secondary N) is 2. The second-order valence-corrected chi connectivity index (χ2v) is 7.61. The molecule has 2 aliphatic carbocycles. The summed E-state index contributed by atoms with van der Waals surface area (Å²) in [6.07, 6.45) is 3.90. The molecule has 5 nitrogen and oxygen atoms in total. The van der Waals surface area contributed by atoms with Crippen molar-refractivity contribution in [1.29, 1.82) is 0 Å². The van der Waals surface area contributed by atoms with Crippen LogP contribution in [0, 0.1) is 16.7 Å². The summed E-state index contributed by atoms with van der Waals surface area (Å²) in [5.74, 6) is 1.90. The zero-order valence-electron chi connectivity index (χ0n) is 13.2. The third-order valence-electron chi connectivity index (χ3n) is 5.49. The Labute approximate surface area is 131 Å². The van der Waals surface area contributed by atoms with E-state index in [9.17, 15) is 0 Å². The number of nitrogens with zero attached hydrogens (tertiary/aromatic N) is 3. The maximum absolute atomic E-state index is 6.01. The maximum Gasteiger partial charge on any atom is 0.229 e. The normalized spacial score (nSPS) is 33.2. The fraction of sp³-hybridized carbons (Fsp3) is 0.800. The standard InChI is InChI=1S/C15H24ClN5/c1-5-17-12-19-11(16)20-13(21-12)18-10-14(2,3)9-6-7-15(10,4)8-9/h9-10H,5-8H2,1-4H3,(H2,17,18,19,20,21). The van der Waals surface area contributed by atoms with Gasteiger partial charge in [-0.1, -0.05) is 20.8 Å². The fourth-order valence-electron chi connectivity index (χ4n) is 4.44. The molecule has 1 aromatic rings. The van der Waals surface area contributed by atoms with Gasteiger partial charge in [-0.25, -0.2) is 0 Å². The zero-order chi connectivity index (χ0) is 15.3. The SMILES string of the molecule is CCNc1nc(Cl)nc(NC2C3(C)CCC(C3)C2(C)C)n1. The van der Waals surface area contributed by atoms with Crippen LogP contribution in [0.2, 0.25) is 5.28 Å². The fourth-order valence-corrected chi connectivity index (χ4v) is 4.60. The largest absolute Gasteiger partial charge is 0.354 e. The molecule has 1 heterocycles. The van der Waals surface area contributed by atoms with Gasteiger partial charge in [0.15, 0.2) is 0 Å². The lowest BCUT2D eigenvalue weighted by atomic mass is 9.68. The Bertz CT molecular complexity index is 542. The Hall–Kier alpha value is -1.10. The number of halogens is 1. The van der Waals surface area contributed by atoms with Gasteiger partial charge < -0.3 is 10.6 Å². The summed E-state index contributed by atoms with van der Waals surface area (Å²) >= 11 is 6.01. The van der Waals surface area contributed by atoms with E-state index in [2.05, 4.69) is 46.4 Å². The van der Waals surface area contributed by atoms with Crippen molar-refractivity contribution >= 4 is 23.5 Å². The molecule has 2 aliphatic rings. The molecule has 3 atom stereocenters. The van der Waals surface area contributed by atoms with Crippen molar-refractivity contribution in [1.82, 2.24) is 15.0 Å². The van der Waals surface area contributed by atoms with E-state index in [1.807, 2.05) is 6.92 Å². The van der Waals surface area contributed by atoms with E-state index < -0.39 is 0 Å². The zero-order valence-corrected chi connectivity index (χ0v) is 14.0.